The van der Waals surface area contributed by atoms with Crippen molar-refractivity contribution < 1.29 is 19.0 Å². The zero-order chi connectivity index (χ0) is 25.0. The second-order valence-electron chi connectivity index (χ2n) is 9.74. The van der Waals surface area contributed by atoms with Crippen molar-refractivity contribution in [1.82, 2.24) is 0 Å². The highest BCUT2D eigenvalue weighted by molar-refractivity contribution is 6.04. The summed E-state index contributed by atoms with van der Waals surface area (Å²) in [6.07, 6.45) is 3.28. The number of hydrogen-bond acceptors (Lipinski definition) is 5. The summed E-state index contributed by atoms with van der Waals surface area (Å²) in [5.74, 6) is 1.30. The molecule has 0 bridgehead atoms. The van der Waals surface area contributed by atoms with Gasteiger partial charge in [-0.2, -0.15) is 5.26 Å². The van der Waals surface area contributed by atoms with Gasteiger partial charge in [0, 0.05) is 5.56 Å². The van der Waals surface area contributed by atoms with E-state index < -0.39 is 12.0 Å². The molecule has 2 atom stereocenters. The molecule has 1 heterocycles. The molecule has 5 nitrogen and oxygen atoms in total. The van der Waals surface area contributed by atoms with E-state index in [0.717, 1.165) is 11.1 Å². The molecule has 5 heteroatoms. The Morgan fingerprint density at radius 2 is 1.77 bits per heavy atom. The van der Waals surface area contributed by atoms with E-state index in [1.54, 1.807) is 25.3 Å². The lowest BCUT2D eigenvalue weighted by Gasteiger charge is -2.31. The minimum Gasteiger partial charge on any atom is -0.493 e. The summed E-state index contributed by atoms with van der Waals surface area (Å²) < 4.78 is 18.0. The SMILES string of the molecule is COc1cccc(/C=C/C2Oc3ccccc3C(=O)C2c2ccc(C#N)cc2)c1OCC(C)(C)C. The van der Waals surface area contributed by atoms with Crippen LogP contribution in [0.2, 0.25) is 0 Å². The number of methoxy groups -OCH3 is 1. The number of hydrogen-bond donors (Lipinski definition) is 0. The first-order valence-electron chi connectivity index (χ1n) is 11.6. The smallest absolute Gasteiger partial charge is 0.178 e. The van der Waals surface area contributed by atoms with E-state index in [0.29, 0.717) is 35.0 Å². The Bertz CT molecular complexity index is 1280. The minimum atomic E-state index is -0.543. The molecule has 0 aliphatic carbocycles. The third-order valence-corrected chi connectivity index (χ3v) is 5.77. The largest absolute Gasteiger partial charge is 0.493 e. The zero-order valence-electron chi connectivity index (χ0n) is 20.4. The lowest BCUT2D eigenvalue weighted by molar-refractivity contribution is 0.0842. The van der Waals surface area contributed by atoms with E-state index >= 15 is 0 Å². The number of fused-ring (bicyclic) bond motifs is 1. The Hall–Kier alpha value is -4.04. The summed E-state index contributed by atoms with van der Waals surface area (Å²) in [6.45, 7) is 6.85. The van der Waals surface area contributed by atoms with Crippen molar-refractivity contribution in [3.63, 3.8) is 0 Å². The monoisotopic (exact) mass is 467 g/mol. The number of nitrogens with zero attached hydrogens (tertiary/aromatic N) is 1. The van der Waals surface area contributed by atoms with Crippen molar-refractivity contribution in [2.45, 2.75) is 32.8 Å². The van der Waals surface area contributed by atoms with E-state index in [-0.39, 0.29) is 11.2 Å². The van der Waals surface area contributed by atoms with Gasteiger partial charge in [0.25, 0.3) is 0 Å². The van der Waals surface area contributed by atoms with Gasteiger partial charge in [-0.05, 0) is 47.4 Å². The number of carbonyl (C=O) groups excluding carboxylic acids is 1. The summed E-state index contributed by atoms with van der Waals surface area (Å²) in [5, 5.41) is 9.17. The maximum absolute atomic E-state index is 13.6. The predicted molar refractivity (Wildman–Crippen MR) is 136 cm³/mol. The number of nitriles is 1. The lowest BCUT2D eigenvalue weighted by Crippen LogP contribution is -2.34. The molecule has 1 aliphatic rings. The van der Waals surface area contributed by atoms with Crippen molar-refractivity contribution >= 4 is 11.9 Å². The Kier molecular flexibility index (Phi) is 6.93. The third-order valence-electron chi connectivity index (χ3n) is 5.77. The topological polar surface area (TPSA) is 68.5 Å². The van der Waals surface area contributed by atoms with E-state index in [9.17, 15) is 10.1 Å². The normalized spacial score (nSPS) is 17.4. The third kappa shape index (κ3) is 5.38. The summed E-state index contributed by atoms with van der Waals surface area (Å²) in [7, 11) is 1.62. The maximum atomic E-state index is 13.6. The Morgan fingerprint density at radius 3 is 2.46 bits per heavy atom. The van der Waals surface area contributed by atoms with Gasteiger partial charge < -0.3 is 14.2 Å². The van der Waals surface area contributed by atoms with Gasteiger partial charge in [-0.3, -0.25) is 4.79 Å². The van der Waals surface area contributed by atoms with Crippen molar-refractivity contribution in [2.24, 2.45) is 5.41 Å². The molecule has 0 aromatic heterocycles. The Morgan fingerprint density at radius 1 is 1.03 bits per heavy atom. The molecule has 0 saturated heterocycles. The molecular weight excluding hydrogens is 438 g/mol. The van der Waals surface area contributed by atoms with Crippen LogP contribution in [0.5, 0.6) is 17.2 Å². The van der Waals surface area contributed by atoms with Crippen LogP contribution in [0.4, 0.5) is 0 Å². The molecule has 0 saturated carbocycles. The minimum absolute atomic E-state index is 0.0129. The van der Waals surface area contributed by atoms with Gasteiger partial charge in [0.05, 0.1) is 36.8 Å². The molecule has 0 radical (unpaired) electrons. The molecule has 35 heavy (non-hydrogen) atoms. The molecule has 3 aromatic rings. The van der Waals surface area contributed by atoms with Crippen LogP contribution in [0.25, 0.3) is 6.08 Å². The summed E-state index contributed by atoms with van der Waals surface area (Å²) in [4.78, 5) is 13.6. The van der Waals surface area contributed by atoms with Crippen LogP contribution in [0.1, 0.15) is 53.7 Å². The highest BCUT2D eigenvalue weighted by Gasteiger charge is 2.37. The van der Waals surface area contributed by atoms with Crippen LogP contribution in [-0.2, 0) is 0 Å². The number of ketones is 1. The second kappa shape index (κ2) is 10.1. The van der Waals surface area contributed by atoms with Gasteiger partial charge in [0.1, 0.15) is 11.9 Å². The first-order valence-corrected chi connectivity index (χ1v) is 11.6. The average molecular weight is 468 g/mol. The highest BCUT2D eigenvalue weighted by Crippen LogP contribution is 2.38. The number of rotatable bonds is 6. The van der Waals surface area contributed by atoms with E-state index in [4.69, 9.17) is 14.2 Å². The van der Waals surface area contributed by atoms with Gasteiger partial charge in [-0.1, -0.05) is 63.2 Å². The van der Waals surface area contributed by atoms with Crippen molar-refractivity contribution in [3.05, 3.63) is 95.1 Å². The van der Waals surface area contributed by atoms with Crippen LogP contribution in [0.3, 0.4) is 0 Å². The molecule has 178 valence electrons. The Labute approximate surface area is 206 Å². The molecule has 0 spiro atoms. The fourth-order valence-electron chi connectivity index (χ4n) is 4.03. The first kappa shape index (κ1) is 24.1. The van der Waals surface area contributed by atoms with Gasteiger partial charge in [0.15, 0.2) is 17.3 Å². The molecule has 1 aliphatic heterocycles. The number of Topliss-reactive ketones (excluding diaryl/α,β-unsaturated/α-hetero) is 1. The fourth-order valence-corrected chi connectivity index (χ4v) is 4.03. The van der Waals surface area contributed by atoms with Gasteiger partial charge in [0.2, 0.25) is 0 Å². The maximum Gasteiger partial charge on any atom is 0.178 e. The predicted octanol–water partition coefficient (Wildman–Crippen LogP) is 6.43. The average Bonchev–Trinajstić information content (AvgIpc) is 2.86. The van der Waals surface area contributed by atoms with Gasteiger partial charge >= 0.3 is 0 Å². The van der Waals surface area contributed by atoms with Gasteiger partial charge in [-0.15, -0.1) is 0 Å². The number of para-hydroxylation sites is 2. The summed E-state index contributed by atoms with van der Waals surface area (Å²) in [5.41, 5.74) is 2.71. The van der Waals surface area contributed by atoms with E-state index in [1.807, 2.05) is 60.7 Å². The second-order valence-corrected chi connectivity index (χ2v) is 9.74. The zero-order valence-corrected chi connectivity index (χ0v) is 20.4. The quantitative estimate of drug-likeness (QED) is 0.418. The van der Waals surface area contributed by atoms with Crippen LogP contribution in [0.15, 0.2) is 72.8 Å². The highest BCUT2D eigenvalue weighted by atomic mass is 16.5. The standard InChI is InChI=1S/C30H29NO4/c1-30(2,3)19-34-29-22(8-7-11-26(29)33-4)16-17-25-27(21-14-12-20(18-31)13-15-21)28(32)23-9-5-6-10-24(23)35-25/h5-17,25,27H,19H2,1-4H3/b17-16+. The van der Waals surface area contributed by atoms with Crippen LogP contribution < -0.4 is 14.2 Å². The molecule has 0 N–H and O–H groups in total. The molecule has 0 amide bonds. The first-order chi connectivity index (χ1) is 16.8. The lowest BCUT2D eigenvalue weighted by atomic mass is 9.83. The van der Waals surface area contributed by atoms with Crippen molar-refractivity contribution in [2.75, 3.05) is 13.7 Å². The molecule has 0 fully saturated rings. The summed E-state index contributed by atoms with van der Waals surface area (Å²) >= 11 is 0. The molecular formula is C30H29NO4. The fraction of sp³-hybridized carbons (Fsp3) is 0.267. The van der Waals surface area contributed by atoms with Gasteiger partial charge in [-0.25, -0.2) is 0 Å². The van der Waals surface area contributed by atoms with Crippen LogP contribution in [-0.4, -0.2) is 25.6 Å². The Balaban J connectivity index is 1.72. The number of benzene rings is 3. The van der Waals surface area contributed by atoms with Crippen LogP contribution >= 0.6 is 0 Å². The van der Waals surface area contributed by atoms with E-state index in [2.05, 4.69) is 26.8 Å². The number of carbonyl (C=O) groups is 1. The van der Waals surface area contributed by atoms with Crippen molar-refractivity contribution in [3.8, 4) is 23.3 Å². The van der Waals surface area contributed by atoms with Crippen molar-refractivity contribution in [1.29, 1.82) is 5.26 Å². The molecule has 3 aromatic carbocycles. The molecule has 2 unspecified atom stereocenters. The molecule has 4 rings (SSSR count). The van der Waals surface area contributed by atoms with E-state index in [1.165, 1.54) is 0 Å². The van der Waals surface area contributed by atoms with Crippen LogP contribution in [0, 0.1) is 16.7 Å². The summed E-state index contributed by atoms with van der Waals surface area (Å²) in [6, 6.07) is 22.2. The number of ether oxygens (including phenoxy) is 3.